The summed E-state index contributed by atoms with van der Waals surface area (Å²) < 4.78 is 95.9. The van der Waals surface area contributed by atoms with Gasteiger partial charge < -0.3 is 4.74 Å². The maximum atomic E-state index is 13.0. The molecule has 1 N–H and O–H groups in total. The fourth-order valence-corrected chi connectivity index (χ4v) is 3.91. The molecular weight excluding hydrogens is 437 g/mol. The fourth-order valence-electron chi connectivity index (χ4n) is 2.89. The Kier molecular flexibility index (Phi) is 4.01. The average Bonchev–Trinajstić information content (AvgIpc) is 3.36. The lowest BCUT2D eigenvalue weighted by Crippen LogP contribution is -2.15. The van der Waals surface area contributed by atoms with Crippen LogP contribution >= 0.6 is 0 Å². The number of rotatable bonds is 5. The Morgan fingerprint density at radius 2 is 1.94 bits per heavy atom. The molecule has 4 aromatic rings. The number of anilines is 1. The van der Waals surface area contributed by atoms with E-state index < -0.39 is 28.8 Å². The summed E-state index contributed by atoms with van der Waals surface area (Å²) in [6, 6.07) is 5.11. The van der Waals surface area contributed by atoms with Crippen molar-refractivity contribution >= 4 is 26.6 Å². The van der Waals surface area contributed by atoms with Gasteiger partial charge in [0.15, 0.2) is 5.82 Å². The normalized spacial score (nSPS) is 14.1. The van der Waals surface area contributed by atoms with Crippen molar-refractivity contribution in [3.05, 3.63) is 54.6 Å². The lowest BCUT2D eigenvalue weighted by Gasteiger charge is -2.14. The minimum Gasteiger partial charge on any atom is -0.494 e. The number of nitrogens with one attached hydrogen (secondary N) is 1. The van der Waals surface area contributed by atoms with Gasteiger partial charge in [0.25, 0.3) is 10.0 Å². The van der Waals surface area contributed by atoms with Crippen LogP contribution in [0.3, 0.4) is 0 Å². The molecule has 0 fully saturated rings. The first kappa shape index (κ1) is 17.1. The zero-order valence-electron chi connectivity index (χ0n) is 18.6. The highest BCUT2D eigenvalue weighted by Crippen LogP contribution is 2.34. The van der Waals surface area contributed by atoms with Gasteiger partial charge in [0.2, 0.25) is 0 Å². The Balaban J connectivity index is 1.69. The molecule has 0 aliphatic rings. The first-order valence-corrected chi connectivity index (χ1v) is 9.98. The molecule has 3 aromatic heterocycles. The van der Waals surface area contributed by atoms with Crippen molar-refractivity contribution in [2.45, 2.75) is 11.1 Å². The lowest BCUT2D eigenvalue weighted by atomic mass is 10.2. The number of nitrogens with zero attached hydrogens (tertiary/aromatic N) is 5. The summed E-state index contributed by atoms with van der Waals surface area (Å²) >= 11 is 0. The number of benzene rings is 1. The fraction of sp³-hybridized carbons (Fsp3) is 0.167. The molecule has 1 aromatic carbocycles. The molecule has 9 nitrogen and oxygen atoms in total. The molecule has 31 heavy (non-hydrogen) atoms. The molecule has 4 rings (SSSR count). The Morgan fingerprint density at radius 1 is 1.13 bits per heavy atom. The molecule has 0 saturated heterocycles. The molecule has 0 aliphatic heterocycles. The van der Waals surface area contributed by atoms with Gasteiger partial charge in [-0.1, -0.05) is 0 Å². The van der Waals surface area contributed by atoms with E-state index >= 15 is 0 Å². The monoisotopic (exact) mass is 455 g/mol. The second-order valence-electron chi connectivity index (χ2n) is 6.38. The molecule has 0 saturated carbocycles. The van der Waals surface area contributed by atoms with Crippen molar-refractivity contribution in [1.29, 1.82) is 0 Å². The molecule has 0 bridgehead atoms. The minimum absolute atomic E-state index is 0.0467. The van der Waals surface area contributed by atoms with Gasteiger partial charge in [-0.15, -0.1) is 0 Å². The number of halogens is 3. The van der Waals surface area contributed by atoms with Crippen LogP contribution in [0, 0.1) is 0 Å². The number of pyridine rings is 1. The number of ether oxygens (including phenoxy) is 1. The van der Waals surface area contributed by atoms with Crippen LogP contribution in [0.15, 0.2) is 53.9 Å². The zero-order valence-corrected chi connectivity index (χ0v) is 16.4. The molecule has 0 aliphatic carbocycles. The van der Waals surface area contributed by atoms with Crippen LogP contribution in [-0.2, 0) is 23.2 Å². The molecule has 3 heterocycles. The van der Waals surface area contributed by atoms with Crippen molar-refractivity contribution in [1.82, 2.24) is 24.5 Å². The number of hydrogen-bond donors (Lipinski definition) is 1. The van der Waals surface area contributed by atoms with Crippen LogP contribution in [0.1, 0.15) is 9.68 Å². The van der Waals surface area contributed by atoms with Gasteiger partial charge in [-0.3, -0.25) is 9.40 Å². The predicted molar refractivity (Wildman–Crippen MR) is 104 cm³/mol. The number of fused-ring (bicyclic) bond motifs is 1. The van der Waals surface area contributed by atoms with Crippen LogP contribution in [0.25, 0.3) is 16.7 Å². The molecule has 0 amide bonds. The number of alkyl halides is 3. The highest BCUT2D eigenvalue weighted by atomic mass is 32.2. The number of aromatic nitrogens is 5. The van der Waals surface area contributed by atoms with Gasteiger partial charge in [0.1, 0.15) is 16.3 Å². The Bertz CT molecular complexity index is 1460. The van der Waals surface area contributed by atoms with E-state index in [0.29, 0.717) is 11.6 Å². The molecule has 0 atom stereocenters. The largest absolute Gasteiger partial charge is 0.494 e. The van der Waals surface area contributed by atoms with Crippen LogP contribution in [0.5, 0.6) is 5.75 Å². The summed E-state index contributed by atoms with van der Waals surface area (Å²) in [4.78, 5) is 3.54. The van der Waals surface area contributed by atoms with E-state index in [1.54, 1.807) is 0 Å². The van der Waals surface area contributed by atoms with Crippen LogP contribution in [0.4, 0.5) is 18.9 Å². The summed E-state index contributed by atoms with van der Waals surface area (Å²) in [5.41, 5.74) is -0.871. The minimum atomic E-state index is -4.59. The highest BCUT2D eigenvalue weighted by molar-refractivity contribution is 7.92. The van der Waals surface area contributed by atoms with Crippen molar-refractivity contribution in [2.24, 2.45) is 7.05 Å². The first-order valence-electron chi connectivity index (χ1n) is 9.99. The van der Waals surface area contributed by atoms with Gasteiger partial charge >= 0.3 is 6.18 Å². The molecule has 13 heteroatoms. The molecule has 162 valence electrons. The second kappa shape index (κ2) is 7.27. The predicted octanol–water partition coefficient (Wildman–Crippen LogP) is 2.98. The third-order valence-corrected chi connectivity index (χ3v) is 5.72. The van der Waals surface area contributed by atoms with E-state index in [2.05, 4.69) is 19.9 Å². The van der Waals surface area contributed by atoms with E-state index in [-0.39, 0.29) is 27.7 Å². The summed E-state index contributed by atoms with van der Waals surface area (Å²) in [5, 5.41) is 8.15. The average molecular weight is 455 g/mol. The van der Waals surface area contributed by atoms with Crippen LogP contribution in [0.2, 0.25) is 0 Å². The standard InChI is InChI=1S/C18H15F3N6O3S/c1-26-17-11(7-23-26)3-5-14(30-2)16(17)25-31(28,29)13-4-6-15(22-9-13)27-10-12(8-24-27)18(19,20)21/h3-10,25H,1-2H3/i2D3. The van der Waals surface area contributed by atoms with Crippen molar-refractivity contribution in [3.63, 3.8) is 0 Å². The topological polar surface area (TPSA) is 104 Å². The van der Waals surface area contributed by atoms with E-state index in [9.17, 15) is 21.6 Å². The summed E-state index contributed by atoms with van der Waals surface area (Å²) in [7, 11) is -5.64. The lowest BCUT2D eigenvalue weighted by molar-refractivity contribution is -0.137. The Hall–Kier alpha value is -3.61. The molecule has 0 spiro atoms. The molecule has 0 unspecified atom stereocenters. The summed E-state index contributed by atoms with van der Waals surface area (Å²) in [5.74, 6) is -0.296. The van der Waals surface area contributed by atoms with E-state index in [0.717, 1.165) is 23.1 Å². The number of sulfonamides is 1. The van der Waals surface area contributed by atoms with Gasteiger partial charge in [-0.2, -0.15) is 23.4 Å². The van der Waals surface area contributed by atoms with Gasteiger partial charge in [-0.25, -0.2) is 18.1 Å². The highest BCUT2D eigenvalue weighted by Gasteiger charge is 2.32. The van der Waals surface area contributed by atoms with Gasteiger partial charge in [-0.05, 0) is 24.3 Å². The van der Waals surface area contributed by atoms with E-state index in [1.165, 1.54) is 36.1 Å². The molecule has 0 radical (unpaired) electrons. The maximum absolute atomic E-state index is 13.0. The first-order chi connectivity index (χ1) is 15.7. The quantitative estimate of drug-likeness (QED) is 0.496. The van der Waals surface area contributed by atoms with Crippen molar-refractivity contribution in [2.75, 3.05) is 11.8 Å². The smallest absolute Gasteiger partial charge is 0.419 e. The van der Waals surface area contributed by atoms with Crippen LogP contribution in [-0.4, -0.2) is 40.0 Å². The summed E-state index contributed by atoms with van der Waals surface area (Å²) in [6.07, 6.45) is -0.861. The van der Waals surface area contributed by atoms with Crippen molar-refractivity contribution < 1.29 is 30.4 Å². The van der Waals surface area contributed by atoms with Crippen molar-refractivity contribution in [3.8, 4) is 11.6 Å². The van der Waals surface area contributed by atoms with Gasteiger partial charge in [0, 0.05) is 24.8 Å². The third kappa shape index (κ3) is 3.79. The SMILES string of the molecule is [2H]C([2H])([2H])Oc1ccc2cnn(C)c2c1NS(=O)(=O)c1ccc(-n2cc(C(F)(F)F)cn2)nc1. The van der Waals surface area contributed by atoms with Crippen LogP contribution < -0.4 is 9.46 Å². The number of aryl methyl sites for hydroxylation is 1. The summed E-state index contributed by atoms with van der Waals surface area (Å²) in [6.45, 7) is 0. The molecular formula is C18H15F3N6O3S. The third-order valence-electron chi connectivity index (χ3n) is 4.39. The van der Waals surface area contributed by atoms with Gasteiger partial charge in [0.05, 0.1) is 34.6 Å². The zero-order chi connectivity index (χ0) is 24.9. The Labute approximate surface area is 178 Å². The van der Waals surface area contributed by atoms with E-state index in [4.69, 9.17) is 8.85 Å². The van der Waals surface area contributed by atoms with E-state index in [1.807, 2.05) is 0 Å². The maximum Gasteiger partial charge on any atom is 0.419 e. The number of hydrogen-bond acceptors (Lipinski definition) is 6. The second-order valence-corrected chi connectivity index (χ2v) is 8.06. The number of methoxy groups -OCH3 is 1. The Morgan fingerprint density at radius 3 is 2.58 bits per heavy atom.